The first-order valence-corrected chi connectivity index (χ1v) is 7.30. The molecule has 0 bridgehead atoms. The summed E-state index contributed by atoms with van der Waals surface area (Å²) in [5.74, 6) is 0.884. The van der Waals surface area contributed by atoms with E-state index in [1.54, 1.807) is 7.05 Å². The van der Waals surface area contributed by atoms with E-state index >= 15 is 0 Å². The summed E-state index contributed by atoms with van der Waals surface area (Å²) in [6.07, 6.45) is 0. The maximum Gasteiger partial charge on any atom is 0.193 e. The Morgan fingerprint density at radius 2 is 2.00 bits per heavy atom. The highest BCUT2D eigenvalue weighted by atomic mass is 35.5. The molecule has 0 aliphatic heterocycles. The Labute approximate surface area is 127 Å². The van der Waals surface area contributed by atoms with Gasteiger partial charge in [-0.1, -0.05) is 36.7 Å². The largest absolute Gasteiger partial charge is 0.355 e. The first-order valence-electron chi connectivity index (χ1n) is 6.92. The lowest BCUT2D eigenvalue weighted by Gasteiger charge is -2.23. The molecule has 0 saturated heterocycles. The Morgan fingerprint density at radius 3 is 2.60 bits per heavy atom. The maximum absolute atomic E-state index is 6.19. The van der Waals surface area contributed by atoms with Gasteiger partial charge in [0.1, 0.15) is 0 Å². The zero-order chi connectivity index (χ0) is 15.0. The first-order chi connectivity index (χ1) is 9.58. The Balaban J connectivity index is 2.51. The van der Waals surface area contributed by atoms with Gasteiger partial charge in [-0.25, -0.2) is 0 Å². The van der Waals surface area contributed by atoms with Crippen molar-refractivity contribution in [3.8, 4) is 0 Å². The number of benzene rings is 1. The molecular weight excluding hydrogens is 272 g/mol. The van der Waals surface area contributed by atoms with Crippen molar-refractivity contribution in [2.75, 3.05) is 40.8 Å². The molecule has 0 atom stereocenters. The van der Waals surface area contributed by atoms with Crippen LogP contribution in [0, 0.1) is 0 Å². The Bertz CT molecular complexity index is 434. The second kappa shape index (κ2) is 8.82. The van der Waals surface area contributed by atoms with Crippen molar-refractivity contribution < 1.29 is 0 Å². The van der Waals surface area contributed by atoms with Gasteiger partial charge in [-0.15, -0.1) is 0 Å². The van der Waals surface area contributed by atoms with Crippen LogP contribution >= 0.6 is 11.6 Å². The number of nitrogens with zero attached hydrogens (tertiary/aromatic N) is 3. The molecule has 0 amide bonds. The number of likely N-dealkylation sites (N-methyl/N-ethyl adjacent to an activating group) is 1. The summed E-state index contributed by atoms with van der Waals surface area (Å²) >= 11 is 6.19. The Morgan fingerprint density at radius 1 is 1.30 bits per heavy atom. The fourth-order valence-corrected chi connectivity index (χ4v) is 2.05. The standard InChI is InChI=1S/C15H25ClN4/c1-5-19(3)11-10-18-15(17-2)20(4)12-13-8-6-7-9-14(13)16/h6-9H,5,10-12H2,1-4H3,(H,17,18). The zero-order valence-electron chi connectivity index (χ0n) is 12.9. The Kier molecular flexibility index (Phi) is 7.41. The van der Waals surface area contributed by atoms with Crippen LogP contribution in [0.5, 0.6) is 0 Å². The van der Waals surface area contributed by atoms with E-state index in [-0.39, 0.29) is 0 Å². The highest BCUT2D eigenvalue weighted by Gasteiger charge is 2.08. The first kappa shape index (κ1) is 16.8. The van der Waals surface area contributed by atoms with Crippen LogP contribution in [0.3, 0.4) is 0 Å². The van der Waals surface area contributed by atoms with Crippen LogP contribution in [-0.2, 0) is 6.54 Å². The molecule has 0 heterocycles. The Hall–Kier alpha value is -1.26. The lowest BCUT2D eigenvalue weighted by molar-refractivity contribution is 0.353. The minimum atomic E-state index is 0.739. The molecular formula is C15H25ClN4. The molecule has 0 aliphatic rings. The van der Waals surface area contributed by atoms with Gasteiger partial charge in [0.05, 0.1) is 0 Å². The number of nitrogens with one attached hydrogen (secondary N) is 1. The normalized spacial score (nSPS) is 11.8. The van der Waals surface area contributed by atoms with Gasteiger partial charge in [-0.2, -0.15) is 0 Å². The van der Waals surface area contributed by atoms with Gasteiger partial charge in [-0.3, -0.25) is 4.99 Å². The van der Waals surface area contributed by atoms with Gasteiger partial charge in [0, 0.05) is 38.8 Å². The van der Waals surface area contributed by atoms with E-state index in [1.807, 2.05) is 31.3 Å². The number of halogens is 1. The molecule has 0 fully saturated rings. The van der Waals surface area contributed by atoms with Crippen molar-refractivity contribution in [3.05, 3.63) is 34.9 Å². The molecule has 20 heavy (non-hydrogen) atoms. The summed E-state index contributed by atoms with van der Waals surface area (Å²) in [6.45, 7) is 5.82. The summed E-state index contributed by atoms with van der Waals surface area (Å²) in [5.41, 5.74) is 1.10. The van der Waals surface area contributed by atoms with Crippen LogP contribution < -0.4 is 5.32 Å². The average molecular weight is 297 g/mol. The van der Waals surface area contributed by atoms with Gasteiger partial charge < -0.3 is 15.1 Å². The zero-order valence-corrected chi connectivity index (χ0v) is 13.6. The van der Waals surface area contributed by atoms with Crippen molar-refractivity contribution in [2.24, 2.45) is 4.99 Å². The van der Waals surface area contributed by atoms with E-state index < -0.39 is 0 Å². The molecule has 0 radical (unpaired) electrons. The third-order valence-corrected chi connectivity index (χ3v) is 3.62. The van der Waals surface area contributed by atoms with Crippen molar-refractivity contribution in [1.29, 1.82) is 0 Å². The van der Waals surface area contributed by atoms with E-state index in [0.29, 0.717) is 0 Å². The predicted octanol–water partition coefficient (Wildman–Crippen LogP) is 2.30. The van der Waals surface area contributed by atoms with Crippen LogP contribution in [0.4, 0.5) is 0 Å². The smallest absolute Gasteiger partial charge is 0.193 e. The second-order valence-corrected chi connectivity index (χ2v) is 5.22. The summed E-state index contributed by atoms with van der Waals surface area (Å²) in [5, 5.41) is 4.16. The molecule has 0 unspecified atom stereocenters. The van der Waals surface area contributed by atoms with Gasteiger partial charge in [0.25, 0.3) is 0 Å². The van der Waals surface area contributed by atoms with Crippen molar-refractivity contribution in [1.82, 2.24) is 15.1 Å². The second-order valence-electron chi connectivity index (χ2n) is 4.82. The molecule has 1 N–H and O–H groups in total. The lowest BCUT2D eigenvalue weighted by Crippen LogP contribution is -2.41. The predicted molar refractivity (Wildman–Crippen MR) is 87.5 cm³/mol. The molecule has 4 nitrogen and oxygen atoms in total. The van der Waals surface area contributed by atoms with Gasteiger partial charge in [0.15, 0.2) is 5.96 Å². The summed E-state index contributed by atoms with van der Waals surface area (Å²) in [7, 11) is 5.93. The fraction of sp³-hybridized carbons (Fsp3) is 0.533. The van der Waals surface area contributed by atoms with Crippen molar-refractivity contribution in [2.45, 2.75) is 13.5 Å². The third kappa shape index (κ3) is 5.39. The van der Waals surface area contributed by atoms with Crippen LogP contribution in [-0.4, -0.2) is 56.5 Å². The molecule has 0 saturated carbocycles. The fourth-order valence-electron chi connectivity index (χ4n) is 1.86. The van der Waals surface area contributed by atoms with Crippen LogP contribution in [0.2, 0.25) is 5.02 Å². The van der Waals surface area contributed by atoms with Gasteiger partial charge >= 0.3 is 0 Å². The van der Waals surface area contributed by atoms with Crippen molar-refractivity contribution in [3.63, 3.8) is 0 Å². The molecule has 0 aromatic heterocycles. The number of hydrogen-bond donors (Lipinski definition) is 1. The quantitative estimate of drug-likeness (QED) is 0.645. The van der Waals surface area contributed by atoms with Crippen LogP contribution in [0.1, 0.15) is 12.5 Å². The topological polar surface area (TPSA) is 30.9 Å². The molecule has 0 aliphatic carbocycles. The summed E-state index contributed by atoms with van der Waals surface area (Å²) in [4.78, 5) is 8.64. The lowest BCUT2D eigenvalue weighted by atomic mass is 10.2. The molecule has 5 heteroatoms. The van der Waals surface area contributed by atoms with E-state index in [2.05, 4.69) is 34.1 Å². The van der Waals surface area contributed by atoms with Gasteiger partial charge in [0.2, 0.25) is 0 Å². The van der Waals surface area contributed by atoms with E-state index in [1.165, 1.54) is 0 Å². The van der Waals surface area contributed by atoms with Crippen LogP contribution in [0.25, 0.3) is 0 Å². The summed E-state index contributed by atoms with van der Waals surface area (Å²) in [6, 6.07) is 7.90. The third-order valence-electron chi connectivity index (χ3n) is 3.26. The molecule has 112 valence electrons. The highest BCUT2D eigenvalue weighted by Crippen LogP contribution is 2.16. The molecule has 0 spiro atoms. The molecule has 1 aromatic carbocycles. The summed E-state index contributed by atoms with van der Waals surface area (Å²) < 4.78 is 0. The SMILES string of the molecule is CCN(C)CCNC(=NC)N(C)Cc1ccccc1Cl. The van der Waals surface area contributed by atoms with E-state index in [0.717, 1.165) is 42.7 Å². The number of hydrogen-bond acceptors (Lipinski definition) is 2. The van der Waals surface area contributed by atoms with Crippen molar-refractivity contribution >= 4 is 17.6 Å². The molecule has 1 rings (SSSR count). The average Bonchev–Trinajstić information content (AvgIpc) is 2.45. The van der Waals surface area contributed by atoms with Crippen LogP contribution in [0.15, 0.2) is 29.3 Å². The number of aliphatic imine (C=N–C) groups is 1. The number of guanidine groups is 1. The number of rotatable bonds is 6. The van der Waals surface area contributed by atoms with Gasteiger partial charge in [-0.05, 0) is 25.2 Å². The minimum absolute atomic E-state index is 0.739. The minimum Gasteiger partial charge on any atom is -0.355 e. The molecule has 1 aromatic rings. The van der Waals surface area contributed by atoms with E-state index in [4.69, 9.17) is 11.6 Å². The van der Waals surface area contributed by atoms with E-state index in [9.17, 15) is 0 Å². The monoisotopic (exact) mass is 296 g/mol. The maximum atomic E-state index is 6.19. The highest BCUT2D eigenvalue weighted by molar-refractivity contribution is 6.31.